The second-order valence-electron chi connectivity index (χ2n) is 4.64. The molecule has 8 heteroatoms. The summed E-state index contributed by atoms with van der Waals surface area (Å²) >= 11 is 3.42. The lowest BCUT2D eigenvalue weighted by atomic mass is 10.2. The van der Waals surface area contributed by atoms with Crippen LogP contribution in [-0.4, -0.2) is 32.5 Å². The zero-order chi connectivity index (χ0) is 14.8. The Balaban J connectivity index is 1.69. The van der Waals surface area contributed by atoms with Crippen molar-refractivity contribution in [2.45, 2.75) is 18.7 Å². The smallest absolute Gasteiger partial charge is 0.325 e. The highest BCUT2D eigenvalue weighted by Crippen LogP contribution is 2.32. The maximum atomic E-state index is 12.2. The molecule has 0 aromatic carbocycles. The maximum absolute atomic E-state index is 12.2. The van der Waals surface area contributed by atoms with Crippen molar-refractivity contribution in [1.29, 1.82) is 0 Å². The van der Waals surface area contributed by atoms with Crippen molar-refractivity contribution in [3.05, 3.63) is 33.8 Å². The Hall–Kier alpha value is -1.80. The topological polar surface area (TPSA) is 84.2 Å². The van der Waals surface area contributed by atoms with Crippen LogP contribution in [0.1, 0.15) is 20.1 Å². The first-order chi connectivity index (χ1) is 10.1. The summed E-state index contributed by atoms with van der Waals surface area (Å²) in [6, 6.07) is 1.95. The summed E-state index contributed by atoms with van der Waals surface area (Å²) in [7, 11) is 0. The van der Waals surface area contributed by atoms with Gasteiger partial charge in [-0.3, -0.25) is 14.3 Å². The van der Waals surface area contributed by atoms with Gasteiger partial charge in [0, 0.05) is 16.8 Å². The predicted octanol–water partition coefficient (Wildman–Crippen LogP) is 2.07. The molecule has 0 unspecified atom stereocenters. The second kappa shape index (κ2) is 5.90. The Labute approximate surface area is 129 Å². The molecule has 1 aliphatic heterocycles. The normalized spacial score (nSPS) is 13.7. The maximum Gasteiger partial charge on any atom is 0.325 e. The number of aromatic nitrogens is 2. The molecule has 110 valence electrons. The number of carbonyl (C=O) groups is 2. The van der Waals surface area contributed by atoms with Crippen LogP contribution < -0.4 is 5.32 Å². The van der Waals surface area contributed by atoms with Gasteiger partial charge < -0.3 is 10.4 Å². The molecule has 0 fully saturated rings. The lowest BCUT2D eigenvalue weighted by Gasteiger charge is -2.08. The molecule has 2 aromatic rings. The molecule has 2 aromatic heterocycles. The van der Waals surface area contributed by atoms with Crippen molar-refractivity contribution < 1.29 is 14.7 Å². The molecule has 0 saturated heterocycles. The van der Waals surface area contributed by atoms with E-state index < -0.39 is 5.97 Å². The predicted molar refractivity (Wildman–Crippen MR) is 82.0 cm³/mol. The highest BCUT2D eigenvalue weighted by molar-refractivity contribution is 7.98. The van der Waals surface area contributed by atoms with Crippen molar-refractivity contribution in [2.24, 2.45) is 0 Å². The third-order valence-electron chi connectivity index (χ3n) is 3.04. The summed E-state index contributed by atoms with van der Waals surface area (Å²) in [5.74, 6) is 0.931. The van der Waals surface area contributed by atoms with Gasteiger partial charge in [0.1, 0.15) is 6.54 Å². The molecular formula is C13H13N3O3S2. The van der Waals surface area contributed by atoms with Gasteiger partial charge in [0.15, 0.2) is 0 Å². The number of carboxylic acids is 1. The van der Waals surface area contributed by atoms with Crippen LogP contribution in [0.5, 0.6) is 0 Å². The fourth-order valence-corrected chi connectivity index (χ4v) is 4.37. The fourth-order valence-electron chi connectivity index (χ4n) is 2.10. The van der Waals surface area contributed by atoms with Crippen molar-refractivity contribution in [1.82, 2.24) is 9.78 Å². The number of nitrogens with zero attached hydrogens (tertiary/aromatic N) is 2. The summed E-state index contributed by atoms with van der Waals surface area (Å²) in [5.41, 5.74) is 1.75. The number of hydrogen-bond donors (Lipinski definition) is 2. The van der Waals surface area contributed by atoms with Gasteiger partial charge in [-0.15, -0.1) is 11.3 Å². The third-order valence-corrected chi connectivity index (χ3v) is 5.28. The van der Waals surface area contributed by atoms with Crippen LogP contribution in [0, 0.1) is 0 Å². The average molecular weight is 323 g/mol. The van der Waals surface area contributed by atoms with Crippen LogP contribution >= 0.6 is 23.1 Å². The van der Waals surface area contributed by atoms with E-state index in [9.17, 15) is 9.59 Å². The first-order valence-corrected chi connectivity index (χ1v) is 8.34. The molecule has 6 nitrogen and oxygen atoms in total. The van der Waals surface area contributed by atoms with Crippen LogP contribution in [0.15, 0.2) is 18.5 Å². The summed E-state index contributed by atoms with van der Waals surface area (Å²) in [6.45, 7) is -0.222. The molecule has 1 amide bonds. The third kappa shape index (κ3) is 3.27. The van der Waals surface area contributed by atoms with Crippen LogP contribution in [0.4, 0.5) is 5.69 Å². The molecule has 0 radical (unpaired) electrons. The van der Waals surface area contributed by atoms with Gasteiger partial charge >= 0.3 is 5.97 Å². The number of hydrogen-bond acceptors (Lipinski definition) is 5. The number of carbonyl (C=O) groups excluding carboxylic acids is 1. The molecule has 3 heterocycles. The summed E-state index contributed by atoms with van der Waals surface area (Å²) in [4.78, 5) is 24.8. The standard InChI is InChI=1S/C13H13N3O3S2/c17-12(18)6-16-5-9(4-14-16)15-13(19)11-3-8-7-20-2-1-10(8)21-11/h3-5H,1-2,6-7H2,(H,15,19)(H,17,18). The van der Waals surface area contributed by atoms with Crippen molar-refractivity contribution >= 4 is 40.7 Å². The molecule has 0 atom stereocenters. The van der Waals surface area contributed by atoms with Gasteiger partial charge in [-0.25, -0.2) is 0 Å². The minimum absolute atomic E-state index is 0.172. The largest absolute Gasteiger partial charge is 0.480 e. The Morgan fingerprint density at radius 1 is 1.48 bits per heavy atom. The number of aliphatic carboxylic acids is 1. The van der Waals surface area contributed by atoms with E-state index in [0.29, 0.717) is 10.6 Å². The molecule has 0 aliphatic carbocycles. The lowest BCUT2D eigenvalue weighted by Crippen LogP contribution is -2.10. The summed E-state index contributed by atoms with van der Waals surface area (Å²) in [5, 5.41) is 15.3. The van der Waals surface area contributed by atoms with E-state index in [1.165, 1.54) is 38.9 Å². The number of thiophene rings is 1. The Morgan fingerprint density at radius 3 is 3.10 bits per heavy atom. The van der Waals surface area contributed by atoms with E-state index in [1.807, 2.05) is 17.8 Å². The van der Waals surface area contributed by atoms with Crippen LogP contribution in [0.3, 0.4) is 0 Å². The number of nitrogens with one attached hydrogen (secondary N) is 1. The number of carboxylic acid groups (broad SMARTS) is 1. The van der Waals surface area contributed by atoms with Crippen LogP contribution in [-0.2, 0) is 23.5 Å². The molecule has 0 bridgehead atoms. The van der Waals surface area contributed by atoms with Crippen molar-refractivity contribution in [3.63, 3.8) is 0 Å². The molecule has 0 spiro atoms. The summed E-state index contributed by atoms with van der Waals surface area (Å²) in [6.07, 6.45) is 3.98. The Morgan fingerprint density at radius 2 is 2.33 bits per heavy atom. The summed E-state index contributed by atoms with van der Waals surface area (Å²) < 4.78 is 1.27. The zero-order valence-electron chi connectivity index (χ0n) is 11.0. The van der Waals surface area contributed by atoms with E-state index in [2.05, 4.69) is 10.4 Å². The van der Waals surface area contributed by atoms with Crippen molar-refractivity contribution in [3.8, 4) is 0 Å². The number of anilines is 1. The minimum Gasteiger partial charge on any atom is -0.480 e. The van der Waals surface area contributed by atoms with E-state index in [0.717, 1.165) is 17.9 Å². The number of aryl methyl sites for hydroxylation is 1. The number of thioether (sulfide) groups is 1. The van der Waals surface area contributed by atoms with Crippen LogP contribution in [0.25, 0.3) is 0 Å². The minimum atomic E-state index is -0.973. The second-order valence-corrected chi connectivity index (χ2v) is 6.88. The molecule has 1 aliphatic rings. The van der Waals surface area contributed by atoms with E-state index in [4.69, 9.17) is 5.11 Å². The molecule has 0 saturated carbocycles. The van der Waals surface area contributed by atoms with E-state index >= 15 is 0 Å². The number of rotatable bonds is 4. The molecular weight excluding hydrogens is 310 g/mol. The fraction of sp³-hybridized carbons (Fsp3) is 0.308. The monoisotopic (exact) mass is 323 g/mol. The van der Waals surface area contributed by atoms with Gasteiger partial charge in [0.25, 0.3) is 5.91 Å². The van der Waals surface area contributed by atoms with Gasteiger partial charge in [-0.05, 0) is 23.8 Å². The van der Waals surface area contributed by atoms with E-state index in [1.54, 1.807) is 0 Å². The zero-order valence-corrected chi connectivity index (χ0v) is 12.7. The quantitative estimate of drug-likeness (QED) is 0.900. The number of amides is 1. The number of fused-ring (bicyclic) bond motifs is 1. The van der Waals surface area contributed by atoms with Gasteiger partial charge in [0.2, 0.25) is 0 Å². The van der Waals surface area contributed by atoms with Crippen LogP contribution in [0.2, 0.25) is 0 Å². The lowest BCUT2D eigenvalue weighted by molar-refractivity contribution is -0.137. The first-order valence-electron chi connectivity index (χ1n) is 6.37. The van der Waals surface area contributed by atoms with E-state index in [-0.39, 0.29) is 12.5 Å². The molecule has 21 heavy (non-hydrogen) atoms. The Bertz CT molecular complexity index is 669. The average Bonchev–Trinajstić information content (AvgIpc) is 3.04. The SMILES string of the molecule is O=C(O)Cn1cc(NC(=O)c2cc3c(s2)CCSC3)cn1. The van der Waals surface area contributed by atoms with Gasteiger partial charge in [0.05, 0.1) is 16.8 Å². The molecule has 3 rings (SSSR count). The highest BCUT2D eigenvalue weighted by atomic mass is 32.2. The van der Waals surface area contributed by atoms with Gasteiger partial charge in [-0.2, -0.15) is 16.9 Å². The molecule has 2 N–H and O–H groups in total. The Kier molecular flexibility index (Phi) is 3.98. The highest BCUT2D eigenvalue weighted by Gasteiger charge is 2.18. The van der Waals surface area contributed by atoms with Gasteiger partial charge in [-0.1, -0.05) is 0 Å². The first kappa shape index (κ1) is 14.2. The van der Waals surface area contributed by atoms with Crippen molar-refractivity contribution in [2.75, 3.05) is 11.1 Å².